The molecule has 0 fully saturated rings. The predicted molar refractivity (Wildman–Crippen MR) is 80.1 cm³/mol. The molecular weight excluding hydrogens is 282 g/mol. The van der Waals surface area contributed by atoms with E-state index >= 15 is 0 Å². The standard InChI is InChI=1S/C12H25NO4SSi/c1-6-8-10-18(16,17)13(19(3,4)5)11(9-7-2)12(14)15/h7,11H,2,6,8-10H2,1,3-5H3,(H,14,15). The molecule has 0 saturated carbocycles. The topological polar surface area (TPSA) is 74.7 Å². The molecule has 0 rings (SSSR count). The zero-order valence-corrected chi connectivity index (χ0v) is 14.0. The zero-order valence-electron chi connectivity index (χ0n) is 12.2. The van der Waals surface area contributed by atoms with Crippen LogP contribution in [0.1, 0.15) is 26.2 Å². The summed E-state index contributed by atoms with van der Waals surface area (Å²) in [5, 5.41) is 9.30. The average molecular weight is 307 g/mol. The highest BCUT2D eigenvalue weighted by Crippen LogP contribution is 2.22. The number of carboxylic acids is 1. The van der Waals surface area contributed by atoms with Crippen LogP contribution < -0.4 is 0 Å². The lowest BCUT2D eigenvalue weighted by Crippen LogP contribution is -2.58. The molecule has 0 saturated heterocycles. The molecule has 1 unspecified atom stereocenters. The van der Waals surface area contributed by atoms with Crippen molar-refractivity contribution >= 4 is 24.2 Å². The number of carbonyl (C=O) groups is 1. The Morgan fingerprint density at radius 3 is 2.26 bits per heavy atom. The Morgan fingerprint density at radius 2 is 1.95 bits per heavy atom. The van der Waals surface area contributed by atoms with Crippen molar-refractivity contribution in [2.24, 2.45) is 0 Å². The molecule has 0 aromatic rings. The van der Waals surface area contributed by atoms with E-state index in [-0.39, 0.29) is 12.2 Å². The predicted octanol–water partition coefficient (Wildman–Crippen LogP) is 2.28. The monoisotopic (exact) mass is 307 g/mol. The molecule has 5 nitrogen and oxygen atoms in total. The maximum atomic E-state index is 12.4. The Morgan fingerprint density at radius 1 is 1.42 bits per heavy atom. The van der Waals surface area contributed by atoms with Gasteiger partial charge < -0.3 is 5.11 Å². The van der Waals surface area contributed by atoms with Gasteiger partial charge in [0.1, 0.15) is 14.3 Å². The van der Waals surface area contributed by atoms with E-state index in [1.165, 1.54) is 10.0 Å². The smallest absolute Gasteiger partial charge is 0.321 e. The molecule has 0 amide bonds. The van der Waals surface area contributed by atoms with Gasteiger partial charge >= 0.3 is 5.97 Å². The second-order valence-corrected chi connectivity index (χ2v) is 12.6. The molecule has 112 valence electrons. The van der Waals surface area contributed by atoms with Crippen molar-refractivity contribution in [2.45, 2.75) is 51.9 Å². The minimum absolute atomic E-state index is 0.00862. The molecule has 0 bridgehead atoms. The van der Waals surface area contributed by atoms with Crippen molar-refractivity contribution in [2.75, 3.05) is 5.75 Å². The van der Waals surface area contributed by atoms with Gasteiger partial charge in [0.15, 0.2) is 0 Å². The van der Waals surface area contributed by atoms with Gasteiger partial charge in [0.2, 0.25) is 10.0 Å². The first-order chi connectivity index (χ1) is 8.57. The van der Waals surface area contributed by atoms with E-state index in [4.69, 9.17) is 0 Å². The van der Waals surface area contributed by atoms with E-state index in [0.29, 0.717) is 6.42 Å². The lowest BCUT2D eigenvalue weighted by molar-refractivity contribution is -0.140. The maximum absolute atomic E-state index is 12.4. The number of aliphatic carboxylic acids is 1. The molecule has 0 aromatic carbocycles. The molecule has 0 radical (unpaired) electrons. The van der Waals surface area contributed by atoms with E-state index < -0.39 is 30.3 Å². The van der Waals surface area contributed by atoms with Crippen LogP contribution in [0.2, 0.25) is 19.6 Å². The largest absolute Gasteiger partial charge is 0.480 e. The number of hydrogen-bond donors (Lipinski definition) is 1. The van der Waals surface area contributed by atoms with Crippen LogP contribution in [0.15, 0.2) is 12.7 Å². The third-order valence-electron chi connectivity index (χ3n) is 2.67. The van der Waals surface area contributed by atoms with Gasteiger partial charge in [-0.2, -0.15) is 0 Å². The molecule has 0 spiro atoms. The first-order valence-corrected chi connectivity index (χ1v) is 11.5. The first-order valence-electron chi connectivity index (χ1n) is 6.43. The fourth-order valence-corrected chi connectivity index (χ4v) is 8.14. The number of rotatable bonds is 9. The Balaban J connectivity index is 5.55. The van der Waals surface area contributed by atoms with Crippen LogP contribution in [0.25, 0.3) is 0 Å². The summed E-state index contributed by atoms with van der Waals surface area (Å²) in [5.41, 5.74) is 0. The highest BCUT2D eigenvalue weighted by Gasteiger charge is 2.42. The average Bonchev–Trinajstić information content (AvgIpc) is 2.23. The second kappa shape index (κ2) is 7.21. The summed E-state index contributed by atoms with van der Waals surface area (Å²) in [5.74, 6) is -1.10. The van der Waals surface area contributed by atoms with Crippen LogP contribution in [-0.2, 0) is 14.8 Å². The van der Waals surface area contributed by atoms with Crippen LogP contribution in [0.5, 0.6) is 0 Å². The van der Waals surface area contributed by atoms with Crippen LogP contribution in [0.4, 0.5) is 0 Å². The van der Waals surface area contributed by atoms with Gasteiger partial charge in [-0.1, -0.05) is 39.1 Å². The van der Waals surface area contributed by atoms with Crippen LogP contribution in [0, 0.1) is 0 Å². The Kier molecular flexibility index (Phi) is 6.96. The van der Waals surface area contributed by atoms with Gasteiger partial charge in [-0.05, 0) is 12.8 Å². The summed E-state index contributed by atoms with van der Waals surface area (Å²) in [6, 6.07) is -1.04. The highest BCUT2D eigenvalue weighted by molar-refractivity contribution is 7.90. The van der Waals surface area contributed by atoms with E-state index in [9.17, 15) is 18.3 Å². The van der Waals surface area contributed by atoms with E-state index in [0.717, 1.165) is 6.42 Å². The molecule has 0 aliphatic carbocycles. The minimum Gasteiger partial charge on any atom is -0.480 e. The lowest BCUT2D eigenvalue weighted by atomic mass is 10.2. The van der Waals surface area contributed by atoms with Crippen molar-refractivity contribution in [3.05, 3.63) is 12.7 Å². The third kappa shape index (κ3) is 5.46. The van der Waals surface area contributed by atoms with Crippen molar-refractivity contribution in [3.63, 3.8) is 0 Å². The Bertz CT molecular complexity index is 414. The van der Waals surface area contributed by atoms with Crippen molar-refractivity contribution in [1.82, 2.24) is 3.97 Å². The van der Waals surface area contributed by atoms with E-state index in [2.05, 4.69) is 6.58 Å². The molecule has 7 heteroatoms. The number of sulfonamides is 1. The Hall–Kier alpha value is -0.663. The fraction of sp³-hybridized carbons (Fsp3) is 0.750. The summed E-state index contributed by atoms with van der Waals surface area (Å²) in [6.45, 7) is 11.0. The van der Waals surface area contributed by atoms with Crippen molar-refractivity contribution in [3.8, 4) is 0 Å². The summed E-state index contributed by atoms with van der Waals surface area (Å²) in [6.07, 6.45) is 2.90. The summed E-state index contributed by atoms with van der Waals surface area (Å²) in [7, 11) is -5.86. The summed E-state index contributed by atoms with van der Waals surface area (Å²) in [4.78, 5) is 11.4. The molecule has 1 N–H and O–H groups in total. The number of hydrogen-bond acceptors (Lipinski definition) is 3. The number of carboxylic acid groups (broad SMARTS) is 1. The second-order valence-electron chi connectivity index (χ2n) is 5.51. The maximum Gasteiger partial charge on any atom is 0.321 e. The molecule has 0 aliphatic heterocycles. The zero-order chi connectivity index (χ0) is 15.3. The normalized spacial score (nSPS) is 14.4. The van der Waals surface area contributed by atoms with Gasteiger partial charge in [-0.3, -0.25) is 4.79 Å². The summed E-state index contributed by atoms with van der Waals surface area (Å²) < 4.78 is 26.1. The van der Waals surface area contributed by atoms with Crippen molar-refractivity contribution in [1.29, 1.82) is 0 Å². The van der Waals surface area contributed by atoms with Crippen LogP contribution in [0.3, 0.4) is 0 Å². The van der Waals surface area contributed by atoms with Gasteiger partial charge in [0.25, 0.3) is 0 Å². The summed E-state index contributed by atoms with van der Waals surface area (Å²) >= 11 is 0. The number of unbranched alkanes of at least 4 members (excludes halogenated alkanes) is 1. The molecular formula is C12H25NO4SSi. The van der Waals surface area contributed by atoms with E-state index in [1.807, 2.05) is 26.6 Å². The van der Waals surface area contributed by atoms with Gasteiger partial charge in [-0.25, -0.2) is 12.4 Å². The molecule has 19 heavy (non-hydrogen) atoms. The van der Waals surface area contributed by atoms with Crippen LogP contribution >= 0.6 is 0 Å². The van der Waals surface area contributed by atoms with Gasteiger partial charge in [0, 0.05) is 0 Å². The quantitative estimate of drug-likeness (QED) is 0.524. The minimum atomic E-state index is -3.54. The number of nitrogens with zero attached hydrogens (tertiary/aromatic N) is 1. The van der Waals surface area contributed by atoms with Gasteiger partial charge in [0.05, 0.1) is 5.75 Å². The molecule has 0 heterocycles. The van der Waals surface area contributed by atoms with E-state index in [1.54, 1.807) is 0 Å². The van der Waals surface area contributed by atoms with Crippen molar-refractivity contribution < 1.29 is 18.3 Å². The SMILES string of the molecule is C=CCC(C(=O)O)N([Si](C)(C)C)S(=O)(=O)CCCC. The lowest BCUT2D eigenvalue weighted by Gasteiger charge is -2.37. The Labute approximate surface area is 117 Å². The van der Waals surface area contributed by atoms with Crippen LogP contribution in [-0.4, -0.2) is 43.5 Å². The molecule has 1 atom stereocenters. The fourth-order valence-electron chi connectivity index (χ4n) is 1.96. The van der Waals surface area contributed by atoms with Gasteiger partial charge in [-0.15, -0.1) is 6.58 Å². The highest BCUT2D eigenvalue weighted by atomic mass is 32.2. The molecule has 0 aromatic heterocycles. The third-order valence-corrected chi connectivity index (χ3v) is 8.44. The molecule has 0 aliphatic rings. The first kappa shape index (κ1) is 18.3.